The summed E-state index contributed by atoms with van der Waals surface area (Å²) in [6.45, 7) is 0.556. The number of benzene rings is 3. The van der Waals surface area contributed by atoms with Crippen LogP contribution in [0.5, 0.6) is 5.75 Å². The predicted molar refractivity (Wildman–Crippen MR) is 123 cm³/mol. The van der Waals surface area contributed by atoms with Crippen molar-refractivity contribution in [2.75, 3.05) is 25.6 Å². The number of nitrogens with zero attached hydrogens (tertiary/aromatic N) is 1. The van der Waals surface area contributed by atoms with Crippen molar-refractivity contribution in [1.82, 2.24) is 4.90 Å². The van der Waals surface area contributed by atoms with Gasteiger partial charge in [-0.15, -0.1) is 0 Å². The first-order chi connectivity index (χ1) is 16.2. The fraction of sp³-hybridized carbons (Fsp3) is 0.174. The quantitative estimate of drug-likeness (QED) is 0.406. The second-order valence-electron chi connectivity index (χ2n) is 7.11. The minimum atomic E-state index is -4.18. The minimum absolute atomic E-state index is 0.0271. The van der Waals surface area contributed by atoms with E-state index in [0.717, 1.165) is 30.3 Å². The summed E-state index contributed by atoms with van der Waals surface area (Å²) in [5, 5.41) is 2.51. The van der Waals surface area contributed by atoms with Crippen molar-refractivity contribution in [3.05, 3.63) is 89.0 Å². The first kappa shape index (κ1) is 25.4. The molecule has 0 saturated carbocycles. The number of ether oxygens (including phenoxy) is 1. The van der Waals surface area contributed by atoms with Gasteiger partial charge in [0, 0.05) is 25.9 Å². The van der Waals surface area contributed by atoms with E-state index in [1.165, 1.54) is 36.3 Å². The Kier molecular flexibility index (Phi) is 8.43. The molecule has 3 aromatic carbocycles. The molecule has 0 aliphatic rings. The predicted octanol–water partition coefficient (Wildman–Crippen LogP) is 5.07. The molecule has 180 valence electrons. The highest BCUT2D eigenvalue weighted by Crippen LogP contribution is 2.22. The molecule has 0 bridgehead atoms. The average molecular weight is 511 g/mol. The second-order valence-corrected chi connectivity index (χ2v) is 9.07. The number of carbonyl (C=O) groups excluding carboxylic acids is 1. The van der Waals surface area contributed by atoms with E-state index >= 15 is 0 Å². The Morgan fingerprint density at radius 1 is 1.06 bits per heavy atom. The Bertz CT molecular complexity index is 1260. The minimum Gasteiger partial charge on any atom is -0.383 e. The SMILES string of the molecule is COCCN(Cc1cccc(OS(=O)(=O)c2ccc(F)cc2)c1)C(=O)Nc1ccc(F)c(Cl)c1. The maximum atomic E-state index is 13.4. The van der Waals surface area contributed by atoms with Gasteiger partial charge in [0.25, 0.3) is 0 Å². The van der Waals surface area contributed by atoms with Crippen LogP contribution in [-0.4, -0.2) is 39.6 Å². The van der Waals surface area contributed by atoms with Crippen LogP contribution in [0.1, 0.15) is 5.56 Å². The summed E-state index contributed by atoms with van der Waals surface area (Å²) >= 11 is 5.77. The van der Waals surface area contributed by atoms with Crippen LogP contribution < -0.4 is 9.50 Å². The van der Waals surface area contributed by atoms with Crippen molar-refractivity contribution >= 4 is 33.4 Å². The molecule has 0 spiro atoms. The van der Waals surface area contributed by atoms with E-state index in [1.54, 1.807) is 12.1 Å². The molecule has 1 N–H and O–H groups in total. The summed E-state index contributed by atoms with van der Waals surface area (Å²) in [6, 6.07) is 13.8. The van der Waals surface area contributed by atoms with Crippen molar-refractivity contribution in [3.8, 4) is 5.75 Å². The monoisotopic (exact) mass is 510 g/mol. The van der Waals surface area contributed by atoms with Gasteiger partial charge < -0.3 is 19.1 Å². The van der Waals surface area contributed by atoms with Crippen LogP contribution in [-0.2, 0) is 21.4 Å². The maximum absolute atomic E-state index is 13.4. The standard InChI is InChI=1S/C23H21ClF2N2O5S/c1-32-12-11-28(23(29)27-18-7-10-22(26)21(24)14-18)15-16-3-2-4-19(13-16)33-34(30,31)20-8-5-17(25)6-9-20/h2-10,13-14H,11-12,15H2,1H3,(H,27,29). The Morgan fingerprint density at radius 2 is 1.79 bits per heavy atom. The number of hydrogen-bond donors (Lipinski definition) is 1. The topological polar surface area (TPSA) is 84.9 Å². The second kappa shape index (κ2) is 11.3. The molecule has 11 heteroatoms. The van der Waals surface area contributed by atoms with Gasteiger partial charge in [-0.2, -0.15) is 8.42 Å². The number of methoxy groups -OCH3 is 1. The Hall–Kier alpha value is -3.21. The lowest BCUT2D eigenvalue weighted by Gasteiger charge is -2.23. The normalized spacial score (nSPS) is 11.2. The molecular weight excluding hydrogens is 490 g/mol. The van der Waals surface area contributed by atoms with E-state index < -0.39 is 27.8 Å². The molecule has 3 rings (SSSR count). The molecule has 3 aromatic rings. The van der Waals surface area contributed by atoms with Gasteiger partial charge in [-0.1, -0.05) is 23.7 Å². The molecule has 0 fully saturated rings. The Morgan fingerprint density at radius 3 is 2.47 bits per heavy atom. The number of halogens is 3. The van der Waals surface area contributed by atoms with Crippen molar-refractivity contribution in [2.24, 2.45) is 0 Å². The maximum Gasteiger partial charge on any atom is 0.339 e. The summed E-state index contributed by atoms with van der Waals surface area (Å²) < 4.78 is 61.7. The molecule has 0 saturated heterocycles. The number of rotatable bonds is 9. The third-order valence-corrected chi connectivity index (χ3v) is 6.15. The van der Waals surface area contributed by atoms with Crippen molar-refractivity contribution in [2.45, 2.75) is 11.4 Å². The van der Waals surface area contributed by atoms with Gasteiger partial charge in [-0.3, -0.25) is 0 Å². The Labute approximate surface area is 201 Å². The third-order valence-electron chi connectivity index (χ3n) is 4.60. The lowest BCUT2D eigenvalue weighted by molar-refractivity contribution is 0.153. The molecule has 2 amide bonds. The fourth-order valence-corrected chi connectivity index (χ4v) is 4.03. The van der Waals surface area contributed by atoms with Crippen LogP contribution in [0.25, 0.3) is 0 Å². The van der Waals surface area contributed by atoms with E-state index in [-0.39, 0.29) is 35.4 Å². The summed E-state index contributed by atoms with van der Waals surface area (Å²) in [6.07, 6.45) is 0. The number of anilines is 1. The molecule has 0 aliphatic carbocycles. The largest absolute Gasteiger partial charge is 0.383 e. The summed E-state index contributed by atoms with van der Waals surface area (Å²) in [4.78, 5) is 14.0. The zero-order chi connectivity index (χ0) is 24.7. The smallest absolute Gasteiger partial charge is 0.339 e. The fourth-order valence-electron chi connectivity index (χ4n) is 2.92. The first-order valence-corrected chi connectivity index (χ1v) is 11.8. The lowest BCUT2D eigenvalue weighted by atomic mass is 10.2. The zero-order valence-electron chi connectivity index (χ0n) is 18.0. The van der Waals surface area contributed by atoms with Crippen LogP contribution in [0.2, 0.25) is 5.02 Å². The molecule has 0 aliphatic heterocycles. The van der Waals surface area contributed by atoms with E-state index in [2.05, 4.69) is 5.32 Å². The van der Waals surface area contributed by atoms with Gasteiger partial charge in [-0.25, -0.2) is 13.6 Å². The van der Waals surface area contributed by atoms with Crippen LogP contribution in [0.3, 0.4) is 0 Å². The number of amides is 2. The average Bonchev–Trinajstić information content (AvgIpc) is 2.79. The van der Waals surface area contributed by atoms with Gasteiger partial charge in [-0.05, 0) is 60.2 Å². The molecular formula is C23H21ClF2N2O5S. The van der Waals surface area contributed by atoms with Gasteiger partial charge in [0.05, 0.1) is 11.6 Å². The first-order valence-electron chi connectivity index (χ1n) is 9.97. The molecule has 0 aromatic heterocycles. The highest BCUT2D eigenvalue weighted by molar-refractivity contribution is 7.87. The highest BCUT2D eigenvalue weighted by atomic mass is 35.5. The van der Waals surface area contributed by atoms with E-state index in [9.17, 15) is 22.0 Å². The summed E-state index contributed by atoms with van der Waals surface area (Å²) in [5.41, 5.74) is 0.886. The van der Waals surface area contributed by atoms with Gasteiger partial charge in [0.1, 0.15) is 22.3 Å². The number of urea groups is 1. The highest BCUT2D eigenvalue weighted by Gasteiger charge is 2.19. The summed E-state index contributed by atoms with van der Waals surface area (Å²) in [7, 11) is -2.69. The van der Waals surface area contributed by atoms with Crippen LogP contribution in [0, 0.1) is 11.6 Å². The van der Waals surface area contributed by atoms with Gasteiger partial charge in [0.2, 0.25) is 0 Å². The van der Waals surface area contributed by atoms with Crippen LogP contribution in [0.15, 0.2) is 71.6 Å². The van der Waals surface area contributed by atoms with Crippen LogP contribution in [0.4, 0.5) is 19.3 Å². The molecule has 0 radical (unpaired) electrons. The zero-order valence-corrected chi connectivity index (χ0v) is 19.6. The molecule has 34 heavy (non-hydrogen) atoms. The molecule has 7 nitrogen and oxygen atoms in total. The van der Waals surface area contributed by atoms with Crippen LogP contribution >= 0.6 is 11.6 Å². The van der Waals surface area contributed by atoms with Gasteiger partial charge in [0.15, 0.2) is 0 Å². The summed E-state index contributed by atoms with van der Waals surface area (Å²) in [5.74, 6) is -1.15. The third kappa shape index (κ3) is 6.89. The van der Waals surface area contributed by atoms with E-state index in [4.69, 9.17) is 20.5 Å². The van der Waals surface area contributed by atoms with Gasteiger partial charge >= 0.3 is 16.1 Å². The molecule has 0 unspecified atom stereocenters. The van der Waals surface area contributed by atoms with Crippen molar-refractivity contribution in [1.29, 1.82) is 0 Å². The number of nitrogens with one attached hydrogen (secondary N) is 1. The van der Waals surface area contributed by atoms with E-state index in [0.29, 0.717) is 11.3 Å². The van der Waals surface area contributed by atoms with Crippen molar-refractivity contribution < 1.29 is 30.9 Å². The number of hydrogen-bond acceptors (Lipinski definition) is 5. The Balaban J connectivity index is 1.75. The number of carbonyl (C=O) groups is 1. The van der Waals surface area contributed by atoms with Crippen molar-refractivity contribution in [3.63, 3.8) is 0 Å². The lowest BCUT2D eigenvalue weighted by Crippen LogP contribution is -2.36. The molecule has 0 atom stereocenters. The van der Waals surface area contributed by atoms with E-state index in [1.807, 2.05) is 0 Å². The molecule has 0 heterocycles.